The molecule has 1 fully saturated rings. The van der Waals surface area contributed by atoms with Crippen LogP contribution in [-0.2, 0) is 0 Å². The van der Waals surface area contributed by atoms with Crippen molar-refractivity contribution in [2.24, 2.45) is 0 Å². The Morgan fingerprint density at radius 1 is 1.20 bits per heavy atom. The predicted molar refractivity (Wildman–Crippen MR) is 75.3 cm³/mol. The van der Waals surface area contributed by atoms with E-state index in [1.807, 2.05) is 13.0 Å². The Bertz CT molecular complexity index is 644. The first-order chi connectivity index (χ1) is 9.55. The number of hydrogen-bond donors (Lipinski definition) is 1. The van der Waals surface area contributed by atoms with E-state index in [4.69, 9.17) is 0 Å². The fraction of sp³-hybridized carbons (Fsp3) is 0.400. The molecule has 0 atom stereocenters. The van der Waals surface area contributed by atoms with E-state index in [-0.39, 0.29) is 5.91 Å². The van der Waals surface area contributed by atoms with Gasteiger partial charge in [0.2, 0.25) is 0 Å². The largest absolute Gasteiger partial charge is 0.390 e. The maximum absolute atomic E-state index is 12.5. The third-order valence-electron chi connectivity index (χ3n) is 3.84. The van der Waals surface area contributed by atoms with Crippen LogP contribution in [0.25, 0.3) is 11.0 Å². The van der Waals surface area contributed by atoms with Crippen LogP contribution in [0.1, 0.15) is 30.1 Å². The van der Waals surface area contributed by atoms with Crippen molar-refractivity contribution >= 4 is 16.9 Å². The molecule has 5 nitrogen and oxygen atoms in total. The molecule has 104 valence electrons. The lowest BCUT2D eigenvalue weighted by molar-refractivity contribution is -0.00202. The summed E-state index contributed by atoms with van der Waals surface area (Å²) < 4.78 is 0. The molecule has 20 heavy (non-hydrogen) atoms. The van der Waals surface area contributed by atoms with Crippen molar-refractivity contribution in [3.05, 3.63) is 36.2 Å². The minimum absolute atomic E-state index is 0.00643. The first-order valence-corrected chi connectivity index (χ1v) is 6.78. The molecule has 0 spiro atoms. The van der Waals surface area contributed by atoms with Gasteiger partial charge in [-0.1, -0.05) is 0 Å². The highest BCUT2D eigenvalue weighted by Gasteiger charge is 2.29. The van der Waals surface area contributed by atoms with Crippen molar-refractivity contribution in [3.8, 4) is 0 Å². The van der Waals surface area contributed by atoms with Crippen LogP contribution < -0.4 is 0 Å². The van der Waals surface area contributed by atoms with E-state index in [9.17, 15) is 9.90 Å². The monoisotopic (exact) mass is 271 g/mol. The minimum Gasteiger partial charge on any atom is -0.390 e. The van der Waals surface area contributed by atoms with Crippen molar-refractivity contribution in [2.45, 2.75) is 25.4 Å². The maximum atomic E-state index is 12.5. The Labute approximate surface area is 117 Å². The Morgan fingerprint density at radius 2 is 1.85 bits per heavy atom. The van der Waals surface area contributed by atoms with E-state index in [2.05, 4.69) is 9.97 Å². The summed E-state index contributed by atoms with van der Waals surface area (Å²) in [6.07, 6.45) is 4.49. The number of aliphatic hydroxyl groups is 1. The molecule has 0 unspecified atom stereocenters. The second-order valence-electron chi connectivity index (χ2n) is 5.55. The van der Waals surface area contributed by atoms with Gasteiger partial charge < -0.3 is 10.0 Å². The summed E-state index contributed by atoms with van der Waals surface area (Å²) in [4.78, 5) is 22.6. The van der Waals surface area contributed by atoms with Gasteiger partial charge in [-0.2, -0.15) is 0 Å². The lowest BCUT2D eigenvalue weighted by atomic mass is 9.93. The minimum atomic E-state index is -0.647. The fourth-order valence-corrected chi connectivity index (χ4v) is 2.47. The number of carbonyl (C=O) groups excluding carboxylic acids is 1. The Kier molecular flexibility index (Phi) is 3.14. The average Bonchev–Trinajstić information content (AvgIpc) is 2.46. The molecule has 1 aromatic heterocycles. The molecular formula is C15H17N3O2. The number of fused-ring (bicyclic) bond motifs is 1. The molecule has 1 aliphatic rings. The Hall–Kier alpha value is -2.01. The molecule has 5 heteroatoms. The molecule has 0 aliphatic carbocycles. The van der Waals surface area contributed by atoms with Crippen molar-refractivity contribution in [1.82, 2.24) is 14.9 Å². The van der Waals surface area contributed by atoms with Gasteiger partial charge in [-0.3, -0.25) is 14.8 Å². The van der Waals surface area contributed by atoms with Crippen molar-refractivity contribution in [1.29, 1.82) is 0 Å². The first kappa shape index (κ1) is 13.0. The van der Waals surface area contributed by atoms with Gasteiger partial charge in [0.1, 0.15) is 0 Å². The predicted octanol–water partition coefficient (Wildman–Crippen LogP) is 1.62. The van der Waals surface area contributed by atoms with Crippen LogP contribution in [0, 0.1) is 0 Å². The van der Waals surface area contributed by atoms with Crippen molar-refractivity contribution < 1.29 is 9.90 Å². The van der Waals surface area contributed by atoms with E-state index in [1.165, 1.54) is 0 Å². The summed E-state index contributed by atoms with van der Waals surface area (Å²) >= 11 is 0. The highest BCUT2D eigenvalue weighted by atomic mass is 16.3. The quantitative estimate of drug-likeness (QED) is 0.856. The molecule has 1 saturated heterocycles. The molecule has 3 rings (SSSR count). The van der Waals surface area contributed by atoms with Gasteiger partial charge in [0.05, 0.1) is 16.6 Å². The van der Waals surface area contributed by atoms with Gasteiger partial charge >= 0.3 is 0 Å². The molecule has 1 N–H and O–H groups in total. The SMILES string of the molecule is CC1(O)CCN(C(=O)c2ccc3nccnc3c2)CC1. The Morgan fingerprint density at radius 3 is 2.55 bits per heavy atom. The topological polar surface area (TPSA) is 66.3 Å². The number of nitrogens with zero attached hydrogens (tertiary/aromatic N) is 3. The molecule has 1 aliphatic heterocycles. The van der Waals surface area contributed by atoms with Crippen molar-refractivity contribution in [3.63, 3.8) is 0 Å². The summed E-state index contributed by atoms with van der Waals surface area (Å²) in [5.74, 6) is -0.00643. The zero-order chi connectivity index (χ0) is 14.2. The number of likely N-dealkylation sites (tertiary alicyclic amines) is 1. The zero-order valence-corrected chi connectivity index (χ0v) is 11.4. The van der Waals surface area contributed by atoms with E-state index >= 15 is 0 Å². The number of hydrogen-bond acceptors (Lipinski definition) is 4. The summed E-state index contributed by atoms with van der Waals surface area (Å²) in [5.41, 5.74) is 1.48. The van der Waals surface area contributed by atoms with Gasteiger partial charge in [-0.25, -0.2) is 0 Å². The van der Waals surface area contributed by atoms with Gasteiger partial charge in [-0.05, 0) is 38.0 Å². The lowest BCUT2D eigenvalue weighted by Crippen LogP contribution is -2.45. The van der Waals surface area contributed by atoms with Crippen LogP contribution in [0.4, 0.5) is 0 Å². The highest BCUT2D eigenvalue weighted by molar-refractivity contribution is 5.97. The molecule has 1 amide bonds. The van der Waals surface area contributed by atoms with Crippen LogP contribution in [0.3, 0.4) is 0 Å². The van der Waals surface area contributed by atoms with E-state index < -0.39 is 5.60 Å². The summed E-state index contributed by atoms with van der Waals surface area (Å²) in [5, 5.41) is 9.93. The normalized spacial score (nSPS) is 18.2. The zero-order valence-electron chi connectivity index (χ0n) is 11.4. The third kappa shape index (κ3) is 2.49. The molecule has 0 radical (unpaired) electrons. The number of benzene rings is 1. The molecular weight excluding hydrogens is 254 g/mol. The molecule has 2 heterocycles. The van der Waals surface area contributed by atoms with Gasteiger partial charge in [-0.15, -0.1) is 0 Å². The Balaban J connectivity index is 1.82. The average molecular weight is 271 g/mol. The summed E-state index contributed by atoms with van der Waals surface area (Å²) in [7, 11) is 0. The first-order valence-electron chi connectivity index (χ1n) is 6.78. The summed E-state index contributed by atoms with van der Waals surface area (Å²) in [6.45, 7) is 3.00. The smallest absolute Gasteiger partial charge is 0.253 e. The second-order valence-corrected chi connectivity index (χ2v) is 5.55. The van der Waals surface area contributed by atoms with Crippen molar-refractivity contribution in [2.75, 3.05) is 13.1 Å². The molecule has 1 aromatic carbocycles. The van der Waals surface area contributed by atoms with Gasteiger partial charge in [0, 0.05) is 31.0 Å². The molecule has 2 aromatic rings. The number of amides is 1. The standard InChI is InChI=1S/C15H17N3O2/c1-15(20)4-8-18(9-5-15)14(19)11-2-3-12-13(10-11)17-7-6-16-12/h2-3,6-7,10,20H,4-5,8-9H2,1H3. The number of carbonyl (C=O) groups is 1. The van der Waals surface area contributed by atoms with Crippen LogP contribution in [0.2, 0.25) is 0 Å². The van der Waals surface area contributed by atoms with Gasteiger partial charge in [0.15, 0.2) is 0 Å². The van der Waals surface area contributed by atoms with Gasteiger partial charge in [0.25, 0.3) is 5.91 Å². The van der Waals surface area contributed by atoms with Crippen LogP contribution in [-0.4, -0.2) is 44.6 Å². The summed E-state index contributed by atoms with van der Waals surface area (Å²) in [6, 6.07) is 5.37. The highest BCUT2D eigenvalue weighted by Crippen LogP contribution is 2.23. The maximum Gasteiger partial charge on any atom is 0.253 e. The number of rotatable bonds is 1. The van der Waals surface area contributed by atoms with E-state index in [0.717, 1.165) is 11.0 Å². The van der Waals surface area contributed by atoms with E-state index in [1.54, 1.807) is 29.4 Å². The molecule has 0 bridgehead atoms. The molecule has 0 saturated carbocycles. The number of piperidine rings is 1. The van der Waals surface area contributed by atoms with Crippen LogP contribution >= 0.6 is 0 Å². The third-order valence-corrected chi connectivity index (χ3v) is 3.84. The fourth-order valence-electron chi connectivity index (χ4n) is 2.47. The van der Waals surface area contributed by atoms with Crippen LogP contribution in [0.5, 0.6) is 0 Å². The van der Waals surface area contributed by atoms with E-state index in [0.29, 0.717) is 31.5 Å². The lowest BCUT2D eigenvalue weighted by Gasteiger charge is -2.35. The second kappa shape index (κ2) is 4.83. The number of aromatic nitrogens is 2. The van der Waals surface area contributed by atoms with Crippen LogP contribution in [0.15, 0.2) is 30.6 Å².